The van der Waals surface area contributed by atoms with Crippen molar-refractivity contribution in [3.05, 3.63) is 87.6 Å². The molecule has 180 valence electrons. The summed E-state index contributed by atoms with van der Waals surface area (Å²) in [5.41, 5.74) is 3.00. The normalized spacial score (nSPS) is 18.8. The number of rotatable bonds is 6. The molecule has 0 bridgehead atoms. The Morgan fingerprint density at radius 3 is 2.60 bits per heavy atom. The highest BCUT2D eigenvalue weighted by molar-refractivity contribution is 5.90. The third-order valence-electron chi connectivity index (χ3n) is 7.02. The van der Waals surface area contributed by atoms with Crippen LogP contribution in [0.15, 0.2) is 59.4 Å². The Morgan fingerprint density at radius 2 is 1.89 bits per heavy atom. The van der Waals surface area contributed by atoms with Crippen molar-refractivity contribution >= 4 is 16.8 Å². The molecule has 35 heavy (non-hydrogen) atoms. The highest BCUT2D eigenvalue weighted by atomic mass is 16.5. The van der Waals surface area contributed by atoms with Gasteiger partial charge in [0.05, 0.1) is 17.0 Å². The number of amides is 1. The van der Waals surface area contributed by atoms with Crippen LogP contribution in [0.1, 0.15) is 48.8 Å². The van der Waals surface area contributed by atoms with E-state index in [1.165, 1.54) is 0 Å². The van der Waals surface area contributed by atoms with E-state index >= 15 is 0 Å². The molecular formula is C27H28N4O4. The molecule has 0 radical (unpaired) electrons. The maximum absolute atomic E-state index is 13.4. The molecule has 8 heteroatoms. The molecular weight excluding hydrogens is 444 g/mol. The van der Waals surface area contributed by atoms with Gasteiger partial charge in [-0.1, -0.05) is 30.3 Å². The molecule has 3 heterocycles. The van der Waals surface area contributed by atoms with Crippen LogP contribution in [0, 0.1) is 6.92 Å². The zero-order valence-corrected chi connectivity index (χ0v) is 20.0. The summed E-state index contributed by atoms with van der Waals surface area (Å²) in [6, 6.07) is 17.3. The lowest BCUT2D eigenvalue weighted by Crippen LogP contribution is -2.37. The number of nitrogens with zero attached hydrogens (tertiary/aromatic N) is 2. The zero-order valence-electron chi connectivity index (χ0n) is 20.0. The number of likely N-dealkylation sites (tertiary alicyclic amines) is 1. The van der Waals surface area contributed by atoms with E-state index in [0.717, 1.165) is 33.5 Å². The number of ether oxygens (including phenoxy) is 1. The SMILES string of the molecule is Cc1cc(COc2ccc(C3(C)CCN([C@H](C)c4[nH]c(=O)[nH]c4O)C3=O)cc2)c2ccccc2n1. The fraction of sp³-hybridized carbons (Fsp3) is 0.296. The molecule has 4 aromatic rings. The van der Waals surface area contributed by atoms with E-state index < -0.39 is 17.1 Å². The lowest BCUT2D eigenvalue weighted by Gasteiger charge is -2.27. The molecule has 5 rings (SSSR count). The van der Waals surface area contributed by atoms with Crippen LogP contribution in [0.3, 0.4) is 0 Å². The Labute approximate surface area is 202 Å². The third-order valence-corrected chi connectivity index (χ3v) is 7.02. The van der Waals surface area contributed by atoms with Crippen molar-refractivity contribution in [1.29, 1.82) is 0 Å². The van der Waals surface area contributed by atoms with Crippen molar-refractivity contribution in [2.45, 2.75) is 45.3 Å². The predicted molar refractivity (Wildman–Crippen MR) is 132 cm³/mol. The largest absolute Gasteiger partial charge is 0.493 e. The number of H-pyrrole nitrogens is 2. The monoisotopic (exact) mass is 472 g/mol. The second-order valence-corrected chi connectivity index (χ2v) is 9.35. The Kier molecular flexibility index (Phi) is 5.59. The smallest absolute Gasteiger partial charge is 0.326 e. The summed E-state index contributed by atoms with van der Waals surface area (Å²) in [5, 5.41) is 11.1. The van der Waals surface area contributed by atoms with Crippen LogP contribution in [0.25, 0.3) is 10.9 Å². The molecule has 2 aromatic heterocycles. The molecule has 1 fully saturated rings. The van der Waals surface area contributed by atoms with Gasteiger partial charge in [-0.3, -0.25) is 14.8 Å². The summed E-state index contributed by atoms with van der Waals surface area (Å²) >= 11 is 0. The molecule has 0 saturated carbocycles. The molecule has 2 atom stereocenters. The van der Waals surface area contributed by atoms with Crippen molar-refractivity contribution in [2.24, 2.45) is 0 Å². The first-order valence-corrected chi connectivity index (χ1v) is 11.7. The number of carbonyl (C=O) groups excluding carboxylic acids is 1. The van der Waals surface area contributed by atoms with E-state index in [0.29, 0.717) is 25.3 Å². The second kappa shape index (κ2) is 8.61. The number of carbonyl (C=O) groups is 1. The molecule has 2 aromatic carbocycles. The third kappa shape index (κ3) is 4.05. The fourth-order valence-corrected chi connectivity index (χ4v) is 4.95. The van der Waals surface area contributed by atoms with Crippen LogP contribution in [0.4, 0.5) is 0 Å². The Hall–Kier alpha value is -4.07. The summed E-state index contributed by atoms with van der Waals surface area (Å²) in [7, 11) is 0. The molecule has 1 aliphatic heterocycles. The average Bonchev–Trinajstić information content (AvgIpc) is 3.35. The number of para-hydroxylation sites is 1. The highest BCUT2D eigenvalue weighted by Gasteiger charge is 2.46. The first kappa shape index (κ1) is 22.7. The number of imidazole rings is 1. The van der Waals surface area contributed by atoms with Gasteiger partial charge in [-0.05, 0) is 57.0 Å². The maximum atomic E-state index is 13.4. The van der Waals surface area contributed by atoms with Crippen molar-refractivity contribution in [1.82, 2.24) is 19.9 Å². The second-order valence-electron chi connectivity index (χ2n) is 9.35. The minimum absolute atomic E-state index is 0.0427. The van der Waals surface area contributed by atoms with Crippen molar-refractivity contribution in [2.75, 3.05) is 6.54 Å². The van der Waals surface area contributed by atoms with Crippen molar-refractivity contribution < 1.29 is 14.6 Å². The lowest BCUT2D eigenvalue weighted by molar-refractivity contribution is -0.133. The molecule has 1 amide bonds. The number of hydrogen-bond acceptors (Lipinski definition) is 5. The minimum Gasteiger partial charge on any atom is -0.493 e. The zero-order chi connectivity index (χ0) is 24.7. The summed E-state index contributed by atoms with van der Waals surface area (Å²) in [5.74, 6) is 0.447. The van der Waals surface area contributed by atoms with Crippen LogP contribution in [-0.2, 0) is 16.8 Å². The van der Waals surface area contributed by atoms with Crippen molar-refractivity contribution in [3.63, 3.8) is 0 Å². The van der Waals surface area contributed by atoms with Gasteiger partial charge >= 0.3 is 5.69 Å². The van der Waals surface area contributed by atoms with Gasteiger partial charge in [0.2, 0.25) is 11.8 Å². The number of aryl methyl sites for hydroxylation is 1. The Morgan fingerprint density at radius 1 is 1.14 bits per heavy atom. The number of aromatic nitrogens is 3. The lowest BCUT2D eigenvalue weighted by atomic mass is 9.81. The van der Waals surface area contributed by atoms with Gasteiger partial charge in [0.25, 0.3) is 0 Å². The predicted octanol–water partition coefficient (Wildman–Crippen LogP) is 4.10. The summed E-state index contributed by atoms with van der Waals surface area (Å²) in [6.45, 7) is 6.65. The molecule has 1 aliphatic rings. The van der Waals surface area contributed by atoms with E-state index in [1.807, 2.05) is 68.4 Å². The average molecular weight is 473 g/mol. The van der Waals surface area contributed by atoms with E-state index in [4.69, 9.17) is 4.74 Å². The van der Waals surface area contributed by atoms with Crippen LogP contribution in [0.5, 0.6) is 11.6 Å². The van der Waals surface area contributed by atoms with Gasteiger partial charge in [0.1, 0.15) is 18.1 Å². The number of fused-ring (bicyclic) bond motifs is 1. The van der Waals surface area contributed by atoms with Gasteiger partial charge < -0.3 is 19.7 Å². The van der Waals surface area contributed by atoms with E-state index in [1.54, 1.807) is 11.8 Å². The molecule has 1 unspecified atom stereocenters. The quantitative estimate of drug-likeness (QED) is 0.391. The first-order chi connectivity index (χ1) is 16.8. The summed E-state index contributed by atoms with van der Waals surface area (Å²) < 4.78 is 6.08. The van der Waals surface area contributed by atoms with Crippen LogP contribution < -0.4 is 10.4 Å². The Bertz CT molecular complexity index is 1460. The maximum Gasteiger partial charge on any atom is 0.326 e. The van der Waals surface area contributed by atoms with Crippen LogP contribution in [-0.4, -0.2) is 37.4 Å². The number of hydrogen-bond donors (Lipinski definition) is 3. The van der Waals surface area contributed by atoms with Gasteiger partial charge in [0.15, 0.2) is 0 Å². The van der Waals surface area contributed by atoms with Crippen LogP contribution in [0.2, 0.25) is 0 Å². The number of pyridine rings is 1. The minimum atomic E-state index is -0.697. The molecule has 0 spiro atoms. The number of aromatic amines is 2. The molecule has 1 saturated heterocycles. The van der Waals surface area contributed by atoms with Gasteiger partial charge in [-0.2, -0.15) is 0 Å². The van der Waals surface area contributed by atoms with E-state index in [9.17, 15) is 14.7 Å². The first-order valence-electron chi connectivity index (χ1n) is 11.7. The Balaban J connectivity index is 1.31. The highest BCUT2D eigenvalue weighted by Crippen LogP contribution is 2.40. The number of nitrogens with one attached hydrogen (secondary N) is 2. The summed E-state index contributed by atoms with van der Waals surface area (Å²) in [4.78, 5) is 36.1. The molecule has 3 N–H and O–H groups in total. The molecule has 0 aliphatic carbocycles. The number of benzene rings is 2. The van der Waals surface area contributed by atoms with Gasteiger partial charge in [-0.15, -0.1) is 0 Å². The number of aromatic hydroxyl groups is 1. The summed E-state index contributed by atoms with van der Waals surface area (Å²) in [6.07, 6.45) is 0.633. The topological polar surface area (TPSA) is 111 Å². The van der Waals surface area contributed by atoms with E-state index in [2.05, 4.69) is 15.0 Å². The molecule has 8 nitrogen and oxygen atoms in total. The van der Waals surface area contributed by atoms with Gasteiger partial charge in [0, 0.05) is 23.2 Å². The van der Waals surface area contributed by atoms with Crippen molar-refractivity contribution in [3.8, 4) is 11.6 Å². The van der Waals surface area contributed by atoms with Crippen LogP contribution >= 0.6 is 0 Å². The fourth-order valence-electron chi connectivity index (χ4n) is 4.95. The van der Waals surface area contributed by atoms with E-state index in [-0.39, 0.29) is 11.8 Å². The standard InChI is InChI=1S/C27H28N4O4/c1-16-14-18(21-6-4-5-7-22(21)28-16)15-35-20-10-8-19(9-11-20)27(3)12-13-31(25(27)33)17(2)23-24(32)30-26(34)29-23/h4-11,14,17,32H,12-13,15H2,1-3H3,(H2,29,30,34)/t17-,27?/m1/s1. The van der Waals surface area contributed by atoms with Gasteiger partial charge in [-0.25, -0.2) is 4.79 Å².